The molecule has 168 valence electrons. The van der Waals surface area contributed by atoms with Crippen molar-refractivity contribution in [2.24, 2.45) is 0 Å². The zero-order valence-electron chi connectivity index (χ0n) is 18.9. The van der Waals surface area contributed by atoms with Crippen LogP contribution in [-0.4, -0.2) is 52.5 Å². The first-order valence-electron chi connectivity index (χ1n) is 11.6. The highest BCUT2D eigenvalue weighted by molar-refractivity contribution is 5.99. The highest BCUT2D eigenvalue weighted by atomic mass is 19.1. The van der Waals surface area contributed by atoms with Gasteiger partial charge in [0, 0.05) is 72.5 Å². The Morgan fingerprint density at radius 1 is 1.12 bits per heavy atom. The van der Waals surface area contributed by atoms with E-state index in [0.29, 0.717) is 36.1 Å². The van der Waals surface area contributed by atoms with Gasteiger partial charge in [0.15, 0.2) is 0 Å². The molecule has 0 unspecified atom stereocenters. The van der Waals surface area contributed by atoms with Crippen LogP contribution in [0.1, 0.15) is 31.4 Å². The second-order valence-corrected chi connectivity index (χ2v) is 9.46. The Morgan fingerprint density at radius 2 is 2.00 bits per heavy atom. The largest absolute Gasteiger partial charge is 0.383 e. The zero-order chi connectivity index (χ0) is 22.2. The van der Waals surface area contributed by atoms with Crippen LogP contribution in [0.4, 0.5) is 15.9 Å². The van der Waals surface area contributed by atoms with Gasteiger partial charge in [0.25, 0.3) is 0 Å². The number of nitrogen functional groups attached to an aromatic ring is 1. The Bertz CT molecular complexity index is 1110. The molecule has 0 amide bonds. The summed E-state index contributed by atoms with van der Waals surface area (Å²) in [5.41, 5.74) is 8.65. The van der Waals surface area contributed by atoms with E-state index in [4.69, 9.17) is 5.73 Å². The lowest BCUT2D eigenvalue weighted by molar-refractivity contribution is 0.105. The zero-order valence-corrected chi connectivity index (χ0v) is 18.9. The molecule has 32 heavy (non-hydrogen) atoms. The standard InChI is InChI=1S/C26H32FN5/c1-17(2)32-16-20-13-21(32)15-31(20)11-9-18-6-7-19(24(27)12-18)14-30-25-5-3-4-23-22(25)8-10-29-26(23)28/h3-8,10,12,17,20-21,30H,9,11,13-16H2,1-2H3,(H2,28,29)/t20-,21-/m1/s1. The van der Waals surface area contributed by atoms with E-state index in [0.717, 1.165) is 41.5 Å². The van der Waals surface area contributed by atoms with E-state index in [-0.39, 0.29) is 5.82 Å². The molecule has 0 aliphatic carbocycles. The Morgan fingerprint density at radius 3 is 2.75 bits per heavy atom. The number of halogens is 1. The molecule has 0 radical (unpaired) electrons. The highest BCUT2D eigenvalue weighted by Gasteiger charge is 2.43. The number of nitrogens with two attached hydrogens (primary N) is 1. The van der Waals surface area contributed by atoms with Crippen LogP contribution in [0, 0.1) is 5.82 Å². The first kappa shape index (κ1) is 21.2. The van der Waals surface area contributed by atoms with Crippen molar-refractivity contribution >= 4 is 22.3 Å². The van der Waals surface area contributed by atoms with Gasteiger partial charge in [0.2, 0.25) is 0 Å². The number of anilines is 2. The quantitative estimate of drug-likeness (QED) is 0.583. The van der Waals surface area contributed by atoms with E-state index >= 15 is 0 Å². The van der Waals surface area contributed by atoms with Crippen molar-refractivity contribution in [2.45, 2.75) is 51.4 Å². The lowest BCUT2D eigenvalue weighted by Crippen LogP contribution is -2.49. The molecule has 5 rings (SSSR count). The predicted octanol–water partition coefficient (Wildman–Crippen LogP) is 4.28. The minimum atomic E-state index is -0.148. The fraction of sp³-hybridized carbons (Fsp3) is 0.423. The van der Waals surface area contributed by atoms with Crippen LogP contribution in [0.25, 0.3) is 10.8 Å². The highest BCUT2D eigenvalue weighted by Crippen LogP contribution is 2.32. The van der Waals surface area contributed by atoms with Crippen LogP contribution < -0.4 is 11.1 Å². The minimum Gasteiger partial charge on any atom is -0.383 e. The smallest absolute Gasteiger partial charge is 0.131 e. The van der Waals surface area contributed by atoms with Gasteiger partial charge in [-0.15, -0.1) is 0 Å². The summed E-state index contributed by atoms with van der Waals surface area (Å²) in [5, 5.41) is 5.26. The number of rotatable bonds is 7. The van der Waals surface area contributed by atoms with Crippen LogP contribution in [0.15, 0.2) is 48.7 Å². The molecule has 0 saturated carbocycles. The van der Waals surface area contributed by atoms with Gasteiger partial charge in [-0.3, -0.25) is 9.80 Å². The molecular weight excluding hydrogens is 401 g/mol. The number of pyridine rings is 1. The number of fused-ring (bicyclic) bond motifs is 3. The number of hydrogen-bond acceptors (Lipinski definition) is 5. The van der Waals surface area contributed by atoms with Gasteiger partial charge in [-0.25, -0.2) is 9.37 Å². The molecule has 2 atom stereocenters. The van der Waals surface area contributed by atoms with Gasteiger partial charge < -0.3 is 11.1 Å². The molecule has 6 heteroatoms. The molecule has 3 aromatic rings. The fourth-order valence-corrected chi connectivity index (χ4v) is 5.42. The minimum absolute atomic E-state index is 0.148. The Kier molecular flexibility index (Phi) is 5.74. The van der Waals surface area contributed by atoms with Crippen LogP contribution in [0.3, 0.4) is 0 Å². The maximum absolute atomic E-state index is 14.8. The summed E-state index contributed by atoms with van der Waals surface area (Å²) >= 11 is 0. The first-order valence-corrected chi connectivity index (χ1v) is 11.6. The summed E-state index contributed by atoms with van der Waals surface area (Å²) in [4.78, 5) is 9.37. The summed E-state index contributed by atoms with van der Waals surface area (Å²) in [6.45, 7) is 8.34. The van der Waals surface area contributed by atoms with Crippen molar-refractivity contribution in [3.05, 3.63) is 65.6 Å². The monoisotopic (exact) mass is 433 g/mol. The number of likely N-dealkylation sites (tertiary alicyclic amines) is 2. The van der Waals surface area contributed by atoms with E-state index in [1.807, 2.05) is 30.3 Å². The number of nitrogens with one attached hydrogen (secondary N) is 1. The van der Waals surface area contributed by atoms with Crippen LogP contribution >= 0.6 is 0 Å². The SMILES string of the molecule is CC(C)N1C[C@H]2C[C@@H]1CN2CCc1ccc(CNc2cccc3c(N)nccc23)c(F)c1. The predicted molar refractivity (Wildman–Crippen MR) is 129 cm³/mol. The number of hydrogen-bond donors (Lipinski definition) is 2. The third-order valence-electron chi connectivity index (χ3n) is 7.17. The summed E-state index contributed by atoms with van der Waals surface area (Å²) in [6.07, 6.45) is 3.88. The average Bonchev–Trinajstić information content (AvgIpc) is 3.38. The molecule has 2 saturated heterocycles. The van der Waals surface area contributed by atoms with E-state index in [9.17, 15) is 4.39 Å². The topological polar surface area (TPSA) is 57.4 Å². The van der Waals surface area contributed by atoms with Gasteiger partial charge in [-0.05, 0) is 50.5 Å². The van der Waals surface area contributed by atoms with Crippen LogP contribution in [-0.2, 0) is 13.0 Å². The van der Waals surface area contributed by atoms with Gasteiger partial charge in [-0.2, -0.15) is 0 Å². The normalized spacial score (nSPS) is 21.1. The molecule has 2 aliphatic heterocycles. The van der Waals surface area contributed by atoms with Crippen molar-refractivity contribution in [2.75, 3.05) is 30.7 Å². The molecule has 3 heterocycles. The Balaban J connectivity index is 1.19. The Labute approximate surface area is 189 Å². The van der Waals surface area contributed by atoms with Crippen molar-refractivity contribution in [3.8, 4) is 0 Å². The summed E-state index contributed by atoms with van der Waals surface area (Å²) in [5.74, 6) is 0.357. The third-order valence-corrected chi connectivity index (χ3v) is 7.17. The number of aromatic nitrogens is 1. The molecule has 3 N–H and O–H groups in total. The van der Waals surface area contributed by atoms with Gasteiger partial charge in [0.05, 0.1) is 0 Å². The average molecular weight is 434 g/mol. The summed E-state index contributed by atoms with van der Waals surface area (Å²) in [6, 6.07) is 15.5. The van der Waals surface area contributed by atoms with Crippen molar-refractivity contribution < 1.29 is 4.39 Å². The lowest BCUT2D eigenvalue weighted by Gasteiger charge is -2.36. The molecule has 5 nitrogen and oxygen atoms in total. The maximum Gasteiger partial charge on any atom is 0.131 e. The van der Waals surface area contributed by atoms with Gasteiger partial charge in [0.1, 0.15) is 11.6 Å². The second-order valence-electron chi connectivity index (χ2n) is 9.46. The molecule has 0 spiro atoms. The van der Waals surface area contributed by atoms with E-state index in [2.05, 4.69) is 40.0 Å². The van der Waals surface area contributed by atoms with Crippen LogP contribution in [0.2, 0.25) is 0 Å². The fourth-order valence-electron chi connectivity index (χ4n) is 5.42. The van der Waals surface area contributed by atoms with Crippen molar-refractivity contribution in [3.63, 3.8) is 0 Å². The van der Waals surface area contributed by atoms with E-state index in [1.54, 1.807) is 12.3 Å². The number of benzene rings is 2. The summed E-state index contributed by atoms with van der Waals surface area (Å²) < 4.78 is 14.8. The molecule has 2 fully saturated rings. The van der Waals surface area contributed by atoms with Crippen LogP contribution in [0.5, 0.6) is 0 Å². The van der Waals surface area contributed by atoms with Crippen molar-refractivity contribution in [1.82, 2.24) is 14.8 Å². The molecular formula is C26H32FN5. The van der Waals surface area contributed by atoms with Gasteiger partial charge >= 0.3 is 0 Å². The van der Waals surface area contributed by atoms with E-state index < -0.39 is 0 Å². The van der Waals surface area contributed by atoms with Crippen molar-refractivity contribution in [1.29, 1.82) is 0 Å². The van der Waals surface area contributed by atoms with Gasteiger partial charge in [-0.1, -0.05) is 24.3 Å². The number of nitrogens with zero attached hydrogens (tertiary/aromatic N) is 3. The summed E-state index contributed by atoms with van der Waals surface area (Å²) in [7, 11) is 0. The second kappa shape index (κ2) is 8.68. The molecule has 2 bridgehead atoms. The van der Waals surface area contributed by atoms with E-state index in [1.165, 1.54) is 13.0 Å². The lowest BCUT2D eigenvalue weighted by atomic mass is 10.1. The molecule has 2 aliphatic rings. The third kappa shape index (κ3) is 4.05. The maximum atomic E-state index is 14.8. The Hall–Kier alpha value is -2.70. The first-order chi connectivity index (χ1) is 15.5. The molecule has 1 aromatic heterocycles. The molecule has 2 aromatic carbocycles. The number of piperazine rings is 1.